The fraction of sp³-hybridized carbons (Fsp3) is 0.500. The first-order valence-corrected chi connectivity index (χ1v) is 13.2. The molecule has 0 aromatic heterocycles. The fourth-order valence-electron chi connectivity index (χ4n) is 4.25. The number of hydrogen-bond donors (Lipinski definition) is 4. The molecule has 0 heterocycles. The van der Waals surface area contributed by atoms with Crippen LogP contribution in [0.1, 0.15) is 58.6 Å². The van der Waals surface area contributed by atoms with Gasteiger partial charge in [-0.15, -0.1) is 0 Å². The third-order valence-electron chi connectivity index (χ3n) is 6.50. The Hall–Kier alpha value is -3.39. The highest BCUT2D eigenvalue weighted by Crippen LogP contribution is 2.20. The molecule has 38 heavy (non-hydrogen) atoms. The van der Waals surface area contributed by atoms with Crippen LogP contribution in [0.2, 0.25) is 0 Å². The summed E-state index contributed by atoms with van der Waals surface area (Å²) in [5.41, 5.74) is 6.72. The number of hydrogen-bond acceptors (Lipinski definition) is 5. The van der Waals surface area contributed by atoms with E-state index in [1.807, 2.05) is 74.5 Å². The standard InChI is InChI=1S/C30H43N3O5/c1-6-20(2)26(27(31)35)33-28(36)23(17-21-13-9-7-10-14-21)19-25(34)24(18-22-15-11-8-12-16-22)32-29(37)38-30(3,4)5/h7-16,20,23-26,34H,6,17-19H2,1-5H3,(H2,31,35)(H,32,37)(H,33,36)/t20-,23?,24?,25?,26-/m0/s1. The summed E-state index contributed by atoms with van der Waals surface area (Å²) in [7, 11) is 0. The largest absolute Gasteiger partial charge is 0.444 e. The molecule has 0 aliphatic heterocycles. The number of nitrogens with one attached hydrogen (secondary N) is 2. The quantitative estimate of drug-likeness (QED) is 0.316. The number of amides is 3. The Bertz CT molecular complexity index is 1020. The predicted molar refractivity (Wildman–Crippen MR) is 148 cm³/mol. The van der Waals surface area contributed by atoms with Gasteiger partial charge in [0.25, 0.3) is 0 Å². The van der Waals surface area contributed by atoms with Crippen molar-refractivity contribution >= 4 is 17.9 Å². The second-order valence-corrected chi connectivity index (χ2v) is 10.9. The van der Waals surface area contributed by atoms with E-state index in [0.717, 1.165) is 11.1 Å². The summed E-state index contributed by atoms with van der Waals surface area (Å²) in [4.78, 5) is 38.2. The van der Waals surface area contributed by atoms with E-state index in [-0.39, 0.29) is 18.2 Å². The van der Waals surface area contributed by atoms with Crippen molar-refractivity contribution in [1.29, 1.82) is 0 Å². The Balaban J connectivity index is 2.29. The van der Waals surface area contributed by atoms with Crippen LogP contribution in [-0.2, 0) is 27.2 Å². The van der Waals surface area contributed by atoms with Gasteiger partial charge in [0.2, 0.25) is 11.8 Å². The third-order valence-corrected chi connectivity index (χ3v) is 6.50. The van der Waals surface area contributed by atoms with Crippen LogP contribution in [0.4, 0.5) is 4.79 Å². The summed E-state index contributed by atoms with van der Waals surface area (Å²) in [5, 5.41) is 17.0. The molecule has 5 N–H and O–H groups in total. The summed E-state index contributed by atoms with van der Waals surface area (Å²) in [5.74, 6) is -1.77. The van der Waals surface area contributed by atoms with Crippen LogP contribution >= 0.6 is 0 Å². The number of primary amides is 1. The molecule has 8 heteroatoms. The second kappa shape index (κ2) is 14.5. The van der Waals surface area contributed by atoms with Crippen LogP contribution in [-0.4, -0.2) is 46.8 Å². The Morgan fingerprint density at radius 3 is 1.92 bits per heavy atom. The topological polar surface area (TPSA) is 131 Å². The molecule has 0 radical (unpaired) electrons. The van der Waals surface area contributed by atoms with Gasteiger partial charge in [0.1, 0.15) is 11.6 Å². The lowest BCUT2D eigenvalue weighted by molar-refractivity contribution is -0.131. The van der Waals surface area contributed by atoms with Gasteiger partial charge in [0.15, 0.2) is 0 Å². The predicted octanol–water partition coefficient (Wildman–Crippen LogP) is 3.75. The number of aliphatic hydroxyl groups excluding tert-OH is 1. The number of carbonyl (C=O) groups is 3. The number of rotatable bonds is 13. The van der Waals surface area contributed by atoms with Gasteiger partial charge in [-0.1, -0.05) is 80.9 Å². The number of ether oxygens (including phenoxy) is 1. The zero-order valence-electron chi connectivity index (χ0n) is 23.1. The molecule has 2 aromatic rings. The molecule has 208 valence electrons. The van der Waals surface area contributed by atoms with Crippen molar-refractivity contribution in [3.05, 3.63) is 71.8 Å². The van der Waals surface area contributed by atoms with Gasteiger partial charge in [-0.2, -0.15) is 0 Å². The van der Waals surface area contributed by atoms with E-state index in [1.54, 1.807) is 20.8 Å². The maximum Gasteiger partial charge on any atom is 0.407 e. The molecule has 0 aliphatic carbocycles. The van der Waals surface area contributed by atoms with E-state index in [2.05, 4.69) is 10.6 Å². The molecule has 0 spiro atoms. The molecule has 0 bridgehead atoms. The lowest BCUT2D eigenvalue weighted by Crippen LogP contribution is -2.52. The molecule has 2 aromatic carbocycles. The van der Waals surface area contributed by atoms with Gasteiger partial charge in [-0.25, -0.2) is 4.79 Å². The SMILES string of the molecule is CC[C@H](C)[C@H](NC(=O)C(Cc1ccccc1)CC(O)C(Cc1ccccc1)NC(=O)OC(C)(C)C)C(N)=O. The molecule has 3 amide bonds. The molecular formula is C30H43N3O5. The van der Waals surface area contributed by atoms with Gasteiger partial charge >= 0.3 is 6.09 Å². The average molecular weight is 526 g/mol. The molecule has 0 fully saturated rings. The van der Waals surface area contributed by atoms with Crippen molar-refractivity contribution < 1.29 is 24.2 Å². The number of alkyl carbamates (subject to hydrolysis) is 1. The minimum atomic E-state index is -1.07. The molecule has 8 nitrogen and oxygen atoms in total. The van der Waals surface area contributed by atoms with Crippen LogP contribution in [0.5, 0.6) is 0 Å². The lowest BCUT2D eigenvalue weighted by Gasteiger charge is -2.30. The monoisotopic (exact) mass is 525 g/mol. The first-order chi connectivity index (χ1) is 17.9. The zero-order valence-corrected chi connectivity index (χ0v) is 23.1. The molecular weight excluding hydrogens is 482 g/mol. The van der Waals surface area contributed by atoms with Gasteiger partial charge in [-0.3, -0.25) is 9.59 Å². The Kier molecular flexibility index (Phi) is 11.8. The summed E-state index contributed by atoms with van der Waals surface area (Å²) in [6.45, 7) is 9.08. The molecule has 5 atom stereocenters. The van der Waals surface area contributed by atoms with Crippen molar-refractivity contribution in [3.63, 3.8) is 0 Å². The van der Waals surface area contributed by atoms with Crippen LogP contribution < -0.4 is 16.4 Å². The van der Waals surface area contributed by atoms with Gasteiger partial charge in [-0.05, 0) is 57.1 Å². The van der Waals surface area contributed by atoms with Crippen molar-refractivity contribution in [2.45, 2.75) is 84.1 Å². The van der Waals surface area contributed by atoms with E-state index in [0.29, 0.717) is 19.3 Å². The maximum atomic E-state index is 13.5. The summed E-state index contributed by atoms with van der Waals surface area (Å²) < 4.78 is 5.43. The number of aliphatic hydroxyl groups is 1. The Labute approximate surface area is 226 Å². The Morgan fingerprint density at radius 2 is 1.45 bits per heavy atom. The van der Waals surface area contributed by atoms with Crippen LogP contribution in [0.25, 0.3) is 0 Å². The number of benzene rings is 2. The van der Waals surface area contributed by atoms with Gasteiger partial charge in [0, 0.05) is 5.92 Å². The van der Waals surface area contributed by atoms with Crippen molar-refractivity contribution in [3.8, 4) is 0 Å². The van der Waals surface area contributed by atoms with Crippen molar-refractivity contribution in [1.82, 2.24) is 10.6 Å². The highest BCUT2D eigenvalue weighted by Gasteiger charge is 2.32. The van der Waals surface area contributed by atoms with Gasteiger partial charge < -0.3 is 26.2 Å². The minimum absolute atomic E-state index is 0.0556. The van der Waals surface area contributed by atoms with Crippen molar-refractivity contribution in [2.24, 2.45) is 17.6 Å². The number of nitrogens with two attached hydrogens (primary N) is 1. The average Bonchev–Trinajstić information content (AvgIpc) is 2.85. The van der Waals surface area contributed by atoms with Crippen molar-refractivity contribution in [2.75, 3.05) is 0 Å². The molecule has 0 saturated carbocycles. The summed E-state index contributed by atoms with van der Waals surface area (Å²) in [6.07, 6.45) is -0.304. The molecule has 2 rings (SSSR count). The third kappa shape index (κ3) is 10.5. The highest BCUT2D eigenvalue weighted by molar-refractivity contribution is 5.88. The van der Waals surface area contributed by atoms with E-state index < -0.39 is 41.7 Å². The lowest BCUT2D eigenvalue weighted by atomic mass is 9.88. The minimum Gasteiger partial charge on any atom is -0.444 e. The maximum absolute atomic E-state index is 13.5. The van der Waals surface area contributed by atoms with E-state index >= 15 is 0 Å². The zero-order chi connectivity index (χ0) is 28.3. The van der Waals surface area contributed by atoms with Crippen LogP contribution in [0, 0.1) is 11.8 Å². The summed E-state index contributed by atoms with van der Waals surface area (Å²) in [6, 6.07) is 17.4. The van der Waals surface area contributed by atoms with E-state index in [9.17, 15) is 19.5 Å². The smallest absolute Gasteiger partial charge is 0.407 e. The molecule has 0 saturated heterocycles. The first-order valence-electron chi connectivity index (χ1n) is 13.2. The van der Waals surface area contributed by atoms with Gasteiger partial charge in [0.05, 0.1) is 12.1 Å². The fourth-order valence-corrected chi connectivity index (χ4v) is 4.25. The summed E-state index contributed by atoms with van der Waals surface area (Å²) >= 11 is 0. The first kappa shape index (κ1) is 30.8. The highest BCUT2D eigenvalue weighted by atomic mass is 16.6. The van der Waals surface area contributed by atoms with Crippen LogP contribution in [0.15, 0.2) is 60.7 Å². The molecule has 0 aliphatic rings. The second-order valence-electron chi connectivity index (χ2n) is 10.9. The van der Waals surface area contributed by atoms with E-state index in [4.69, 9.17) is 10.5 Å². The normalized spacial score (nSPS) is 15.4. The molecule has 3 unspecified atom stereocenters. The number of carbonyl (C=O) groups excluding carboxylic acids is 3. The van der Waals surface area contributed by atoms with E-state index in [1.165, 1.54) is 0 Å². The Morgan fingerprint density at radius 1 is 0.921 bits per heavy atom. The van der Waals surface area contributed by atoms with Crippen LogP contribution in [0.3, 0.4) is 0 Å².